The van der Waals surface area contributed by atoms with Gasteiger partial charge < -0.3 is 10.1 Å². The summed E-state index contributed by atoms with van der Waals surface area (Å²) >= 11 is 0. The predicted octanol–water partition coefficient (Wildman–Crippen LogP) is 0.190. The van der Waals surface area contributed by atoms with E-state index in [-0.39, 0.29) is 17.4 Å². The molecule has 2 rings (SSSR count). The summed E-state index contributed by atoms with van der Waals surface area (Å²) in [5, 5.41) is 3.18. The third kappa shape index (κ3) is 3.98. The summed E-state index contributed by atoms with van der Waals surface area (Å²) in [6.07, 6.45) is 3.91. The van der Waals surface area contributed by atoms with Crippen molar-refractivity contribution >= 4 is 16.1 Å². The Morgan fingerprint density at radius 1 is 1.32 bits per heavy atom. The van der Waals surface area contributed by atoms with Gasteiger partial charge in [-0.15, -0.1) is 0 Å². The number of ether oxygens (including phenoxy) is 1. The Morgan fingerprint density at radius 3 is 2.36 bits per heavy atom. The SMILES string of the molecule is COCCC1(NC(=O)C2CC2)CCN(S(=O)(=O)N(C)C)CC1. The molecule has 128 valence electrons. The molecule has 1 saturated heterocycles. The largest absolute Gasteiger partial charge is 0.385 e. The first-order valence-electron chi connectivity index (χ1n) is 7.79. The minimum atomic E-state index is -3.38. The average molecular weight is 333 g/mol. The average Bonchev–Trinajstić information content (AvgIpc) is 3.30. The molecule has 8 heteroatoms. The Hall–Kier alpha value is -0.700. The van der Waals surface area contributed by atoms with Crippen LogP contribution in [0.4, 0.5) is 0 Å². The van der Waals surface area contributed by atoms with Crippen molar-refractivity contribution in [2.75, 3.05) is 40.9 Å². The molecule has 0 aromatic carbocycles. The van der Waals surface area contributed by atoms with Gasteiger partial charge in [0.25, 0.3) is 10.2 Å². The van der Waals surface area contributed by atoms with Crippen LogP contribution in [-0.2, 0) is 19.7 Å². The molecular weight excluding hydrogens is 306 g/mol. The fourth-order valence-corrected chi connectivity index (χ4v) is 3.93. The molecule has 1 amide bonds. The fraction of sp³-hybridized carbons (Fsp3) is 0.929. The molecule has 1 aliphatic heterocycles. The maximum Gasteiger partial charge on any atom is 0.281 e. The highest BCUT2D eigenvalue weighted by Crippen LogP contribution is 2.33. The molecule has 2 fully saturated rings. The maximum atomic E-state index is 12.2. The summed E-state index contributed by atoms with van der Waals surface area (Å²) in [6, 6.07) is 0. The van der Waals surface area contributed by atoms with Crippen LogP contribution < -0.4 is 5.32 Å². The minimum absolute atomic E-state index is 0.111. The molecule has 1 saturated carbocycles. The maximum absolute atomic E-state index is 12.2. The molecule has 0 bridgehead atoms. The summed E-state index contributed by atoms with van der Waals surface area (Å²) < 4.78 is 32.3. The number of nitrogens with one attached hydrogen (secondary N) is 1. The van der Waals surface area contributed by atoms with Crippen LogP contribution in [0.3, 0.4) is 0 Å². The van der Waals surface area contributed by atoms with Gasteiger partial charge >= 0.3 is 0 Å². The summed E-state index contributed by atoms with van der Waals surface area (Å²) in [7, 11) is 1.34. The van der Waals surface area contributed by atoms with E-state index in [1.165, 1.54) is 22.7 Å². The molecular formula is C14H27N3O4S. The Labute approximate surface area is 133 Å². The zero-order valence-corrected chi connectivity index (χ0v) is 14.5. The molecule has 2 aliphatic rings. The normalized spacial score (nSPS) is 22.7. The highest BCUT2D eigenvalue weighted by atomic mass is 32.2. The van der Waals surface area contributed by atoms with Crippen molar-refractivity contribution < 1.29 is 17.9 Å². The molecule has 0 spiro atoms. The Balaban J connectivity index is 2.02. The molecule has 0 atom stereocenters. The van der Waals surface area contributed by atoms with Crippen LogP contribution >= 0.6 is 0 Å². The molecule has 1 N–H and O–H groups in total. The lowest BCUT2D eigenvalue weighted by molar-refractivity contribution is -0.125. The predicted molar refractivity (Wildman–Crippen MR) is 83.5 cm³/mol. The van der Waals surface area contributed by atoms with Crippen molar-refractivity contribution in [3.63, 3.8) is 0 Å². The smallest absolute Gasteiger partial charge is 0.281 e. The molecule has 1 aliphatic carbocycles. The van der Waals surface area contributed by atoms with E-state index < -0.39 is 10.2 Å². The zero-order chi connectivity index (χ0) is 16.4. The van der Waals surface area contributed by atoms with Crippen molar-refractivity contribution in [1.29, 1.82) is 0 Å². The number of hydrogen-bond donors (Lipinski definition) is 1. The van der Waals surface area contributed by atoms with Gasteiger partial charge in [-0.1, -0.05) is 0 Å². The van der Waals surface area contributed by atoms with Gasteiger partial charge in [0.15, 0.2) is 0 Å². The van der Waals surface area contributed by atoms with E-state index in [9.17, 15) is 13.2 Å². The van der Waals surface area contributed by atoms with Crippen LogP contribution in [0.25, 0.3) is 0 Å². The number of hydrogen-bond acceptors (Lipinski definition) is 4. The molecule has 22 heavy (non-hydrogen) atoms. The number of carbonyl (C=O) groups excluding carboxylic acids is 1. The van der Waals surface area contributed by atoms with Crippen LogP contribution in [0.15, 0.2) is 0 Å². The van der Waals surface area contributed by atoms with Gasteiger partial charge in [0, 0.05) is 52.4 Å². The van der Waals surface area contributed by atoms with E-state index >= 15 is 0 Å². The molecule has 0 aromatic rings. The molecule has 7 nitrogen and oxygen atoms in total. The molecule has 0 radical (unpaired) electrons. The quantitative estimate of drug-likeness (QED) is 0.721. The van der Waals surface area contributed by atoms with Crippen molar-refractivity contribution in [2.24, 2.45) is 5.92 Å². The summed E-state index contributed by atoms with van der Waals surface area (Å²) in [5.41, 5.74) is -0.339. The lowest BCUT2D eigenvalue weighted by Gasteiger charge is -2.42. The highest BCUT2D eigenvalue weighted by molar-refractivity contribution is 7.86. The standard InChI is InChI=1S/C14H27N3O4S/c1-16(2)22(19,20)17-9-6-14(7-10-17,8-11-21-3)15-13(18)12-4-5-12/h12H,4-11H2,1-3H3,(H,15,18). The number of nitrogens with zero attached hydrogens (tertiary/aromatic N) is 2. The van der Waals surface area contributed by atoms with Crippen LogP contribution in [-0.4, -0.2) is 69.4 Å². The van der Waals surface area contributed by atoms with Gasteiger partial charge in [-0.25, -0.2) is 0 Å². The number of methoxy groups -OCH3 is 1. The van der Waals surface area contributed by atoms with Gasteiger partial charge in [-0.2, -0.15) is 17.0 Å². The van der Waals surface area contributed by atoms with E-state index in [1.54, 1.807) is 7.11 Å². The summed E-state index contributed by atoms with van der Waals surface area (Å²) in [6.45, 7) is 1.41. The first-order chi connectivity index (χ1) is 10.3. The first-order valence-corrected chi connectivity index (χ1v) is 9.19. The van der Waals surface area contributed by atoms with Crippen molar-refractivity contribution in [1.82, 2.24) is 13.9 Å². The third-order valence-corrected chi connectivity index (χ3v) is 6.53. The second kappa shape index (κ2) is 6.82. The van der Waals surface area contributed by atoms with Crippen molar-refractivity contribution in [3.8, 4) is 0 Å². The highest BCUT2D eigenvalue weighted by Gasteiger charge is 2.41. The van der Waals surface area contributed by atoms with E-state index in [1.807, 2.05) is 0 Å². The van der Waals surface area contributed by atoms with Crippen molar-refractivity contribution in [3.05, 3.63) is 0 Å². The Bertz CT molecular complexity index is 494. The monoisotopic (exact) mass is 333 g/mol. The number of piperidine rings is 1. The van der Waals surface area contributed by atoms with E-state index in [4.69, 9.17) is 4.74 Å². The van der Waals surface area contributed by atoms with Crippen LogP contribution in [0, 0.1) is 5.92 Å². The van der Waals surface area contributed by atoms with Gasteiger partial charge in [0.2, 0.25) is 5.91 Å². The lowest BCUT2D eigenvalue weighted by atomic mass is 9.85. The first kappa shape index (κ1) is 17.7. The zero-order valence-electron chi connectivity index (χ0n) is 13.7. The number of amides is 1. The van der Waals surface area contributed by atoms with Gasteiger partial charge in [0.05, 0.1) is 0 Å². The van der Waals surface area contributed by atoms with E-state index in [0.29, 0.717) is 32.5 Å². The summed E-state index contributed by atoms with van der Waals surface area (Å²) in [4.78, 5) is 12.1. The number of rotatable bonds is 7. The molecule has 1 heterocycles. The van der Waals surface area contributed by atoms with Crippen LogP contribution in [0.2, 0.25) is 0 Å². The second-order valence-electron chi connectivity index (χ2n) is 6.48. The third-order valence-electron chi connectivity index (χ3n) is 4.59. The van der Waals surface area contributed by atoms with Gasteiger partial charge in [-0.05, 0) is 32.1 Å². The van der Waals surface area contributed by atoms with Gasteiger partial charge in [0.1, 0.15) is 0 Å². The van der Waals surface area contributed by atoms with Crippen LogP contribution in [0.1, 0.15) is 32.1 Å². The lowest BCUT2D eigenvalue weighted by Crippen LogP contribution is -2.58. The number of carbonyl (C=O) groups is 1. The summed E-state index contributed by atoms with van der Waals surface area (Å²) in [5.74, 6) is 0.267. The molecule has 0 unspecified atom stereocenters. The Morgan fingerprint density at radius 2 is 1.91 bits per heavy atom. The van der Waals surface area contributed by atoms with E-state index in [2.05, 4.69) is 5.32 Å². The molecule has 0 aromatic heterocycles. The van der Waals surface area contributed by atoms with Crippen LogP contribution in [0.5, 0.6) is 0 Å². The topological polar surface area (TPSA) is 79.0 Å². The van der Waals surface area contributed by atoms with E-state index in [0.717, 1.165) is 19.3 Å². The van der Waals surface area contributed by atoms with Gasteiger partial charge in [-0.3, -0.25) is 4.79 Å². The van der Waals surface area contributed by atoms with Crippen molar-refractivity contribution in [2.45, 2.75) is 37.6 Å². The fourth-order valence-electron chi connectivity index (χ4n) is 2.82. The minimum Gasteiger partial charge on any atom is -0.385 e. The Kier molecular flexibility index (Phi) is 5.47. The second-order valence-corrected chi connectivity index (χ2v) is 8.62.